The molecule has 0 amide bonds. The minimum Gasteiger partial charge on any atom is -0.389 e. The number of nitrogens with zero attached hydrogens (tertiary/aromatic N) is 1. The minimum atomic E-state index is -0.498. The number of para-hydroxylation sites is 1. The molecule has 0 aromatic heterocycles. The Morgan fingerprint density at radius 3 is 2.50 bits per heavy atom. The zero-order valence-corrected chi connectivity index (χ0v) is 10.7. The van der Waals surface area contributed by atoms with Gasteiger partial charge < -0.3 is 14.7 Å². The second-order valence-corrected chi connectivity index (χ2v) is 5.49. The summed E-state index contributed by atoms with van der Waals surface area (Å²) in [5, 5.41) is 10.7. The number of hydrogen-bond donors (Lipinski definition) is 1. The Balaban J connectivity index is 1.64. The Morgan fingerprint density at radius 1 is 1.17 bits per heavy atom. The largest absolute Gasteiger partial charge is 0.389 e. The molecule has 2 fully saturated rings. The van der Waals surface area contributed by atoms with E-state index in [0.717, 1.165) is 45.6 Å². The number of aliphatic hydroxyl groups is 1. The maximum Gasteiger partial charge on any atom is 0.0732 e. The fourth-order valence-corrected chi connectivity index (χ4v) is 3.16. The molecule has 0 saturated carbocycles. The highest BCUT2D eigenvalue weighted by Crippen LogP contribution is 2.35. The van der Waals surface area contributed by atoms with Crippen LogP contribution in [-0.2, 0) is 4.74 Å². The van der Waals surface area contributed by atoms with E-state index >= 15 is 0 Å². The maximum absolute atomic E-state index is 10.7. The van der Waals surface area contributed by atoms with Crippen molar-refractivity contribution < 1.29 is 9.84 Å². The molecule has 1 N–H and O–H groups in total. The van der Waals surface area contributed by atoms with Crippen LogP contribution < -0.4 is 4.90 Å². The zero-order chi connectivity index (χ0) is 12.4. The molecule has 3 rings (SSSR count). The molecule has 98 valence electrons. The lowest BCUT2D eigenvalue weighted by atomic mass is 9.79. The third kappa shape index (κ3) is 2.25. The lowest BCUT2D eigenvalue weighted by Gasteiger charge is -2.42. The summed E-state index contributed by atoms with van der Waals surface area (Å²) in [4.78, 5) is 2.37. The topological polar surface area (TPSA) is 32.7 Å². The van der Waals surface area contributed by atoms with E-state index < -0.39 is 5.60 Å². The first-order valence-electron chi connectivity index (χ1n) is 6.88. The Bertz CT molecular complexity index is 379. The van der Waals surface area contributed by atoms with Crippen LogP contribution in [0.4, 0.5) is 5.69 Å². The van der Waals surface area contributed by atoms with Gasteiger partial charge in [-0.3, -0.25) is 0 Å². The molecule has 3 heteroatoms. The van der Waals surface area contributed by atoms with Crippen molar-refractivity contribution in [2.45, 2.75) is 24.9 Å². The average molecular weight is 247 g/mol. The van der Waals surface area contributed by atoms with Gasteiger partial charge in [-0.15, -0.1) is 0 Å². The van der Waals surface area contributed by atoms with Gasteiger partial charge in [0.2, 0.25) is 0 Å². The average Bonchev–Trinajstić information content (AvgIpc) is 2.95. The first-order chi connectivity index (χ1) is 8.78. The van der Waals surface area contributed by atoms with Crippen molar-refractivity contribution in [3.63, 3.8) is 0 Å². The second kappa shape index (κ2) is 4.90. The van der Waals surface area contributed by atoms with E-state index in [1.54, 1.807) is 0 Å². The summed E-state index contributed by atoms with van der Waals surface area (Å²) in [5.74, 6) is 0.343. The molecule has 1 aromatic rings. The standard InChI is InChI=1S/C15H21NO2/c17-15(13-6-11-18-12-13)7-9-16(10-8-15)14-4-2-1-3-5-14/h1-5,13,17H,6-12H2. The Kier molecular flexibility index (Phi) is 3.27. The molecule has 0 radical (unpaired) electrons. The van der Waals surface area contributed by atoms with E-state index in [0.29, 0.717) is 5.92 Å². The van der Waals surface area contributed by atoms with Crippen molar-refractivity contribution in [3.8, 4) is 0 Å². The van der Waals surface area contributed by atoms with Crippen LogP contribution in [0.15, 0.2) is 30.3 Å². The summed E-state index contributed by atoms with van der Waals surface area (Å²) in [6, 6.07) is 10.5. The highest BCUT2D eigenvalue weighted by Gasteiger charge is 2.41. The normalized spacial score (nSPS) is 27.4. The summed E-state index contributed by atoms with van der Waals surface area (Å²) in [5.41, 5.74) is 0.768. The van der Waals surface area contributed by atoms with Crippen LogP contribution in [0, 0.1) is 5.92 Å². The van der Waals surface area contributed by atoms with E-state index in [2.05, 4.69) is 29.2 Å². The van der Waals surface area contributed by atoms with Gasteiger partial charge >= 0.3 is 0 Å². The molecule has 1 aromatic carbocycles. The number of anilines is 1. The first kappa shape index (κ1) is 12.0. The van der Waals surface area contributed by atoms with Gasteiger partial charge in [0.1, 0.15) is 0 Å². The summed E-state index contributed by atoms with van der Waals surface area (Å²) < 4.78 is 5.41. The third-order valence-electron chi connectivity index (χ3n) is 4.44. The fourth-order valence-electron chi connectivity index (χ4n) is 3.16. The Morgan fingerprint density at radius 2 is 1.89 bits per heavy atom. The molecule has 18 heavy (non-hydrogen) atoms. The maximum atomic E-state index is 10.7. The van der Waals surface area contributed by atoms with Gasteiger partial charge in [-0.2, -0.15) is 0 Å². The quantitative estimate of drug-likeness (QED) is 0.868. The van der Waals surface area contributed by atoms with Crippen molar-refractivity contribution in [1.82, 2.24) is 0 Å². The minimum absolute atomic E-state index is 0.343. The molecule has 0 spiro atoms. The summed E-state index contributed by atoms with van der Waals surface area (Å²) in [6.07, 6.45) is 2.73. The zero-order valence-electron chi connectivity index (χ0n) is 10.7. The third-order valence-corrected chi connectivity index (χ3v) is 4.44. The van der Waals surface area contributed by atoms with Gasteiger partial charge in [0.15, 0.2) is 0 Å². The van der Waals surface area contributed by atoms with Crippen LogP contribution in [0.3, 0.4) is 0 Å². The van der Waals surface area contributed by atoms with E-state index in [9.17, 15) is 5.11 Å². The number of hydrogen-bond acceptors (Lipinski definition) is 3. The molecule has 0 aliphatic carbocycles. The van der Waals surface area contributed by atoms with Crippen molar-refractivity contribution in [2.75, 3.05) is 31.2 Å². The summed E-state index contributed by atoms with van der Waals surface area (Å²) in [7, 11) is 0. The lowest BCUT2D eigenvalue weighted by Crippen LogP contribution is -2.49. The first-order valence-corrected chi connectivity index (χ1v) is 6.88. The van der Waals surface area contributed by atoms with Gasteiger partial charge in [0.25, 0.3) is 0 Å². The number of ether oxygens (including phenoxy) is 1. The molecule has 0 bridgehead atoms. The molecule has 3 nitrogen and oxygen atoms in total. The molecule has 2 aliphatic heterocycles. The smallest absolute Gasteiger partial charge is 0.0732 e. The van der Waals surface area contributed by atoms with Crippen molar-refractivity contribution in [1.29, 1.82) is 0 Å². The van der Waals surface area contributed by atoms with Gasteiger partial charge in [-0.1, -0.05) is 18.2 Å². The Hall–Kier alpha value is -1.06. The molecular formula is C15H21NO2. The Labute approximate surface area is 108 Å². The summed E-state index contributed by atoms with van der Waals surface area (Å²) >= 11 is 0. The number of benzene rings is 1. The molecular weight excluding hydrogens is 226 g/mol. The van der Waals surface area contributed by atoms with Crippen molar-refractivity contribution >= 4 is 5.69 Å². The predicted octanol–water partition coefficient (Wildman–Crippen LogP) is 2.05. The van der Waals surface area contributed by atoms with Crippen LogP contribution in [0.2, 0.25) is 0 Å². The lowest BCUT2D eigenvalue weighted by molar-refractivity contribution is -0.0410. The van der Waals surface area contributed by atoms with E-state index in [-0.39, 0.29) is 0 Å². The van der Waals surface area contributed by atoms with Gasteiger partial charge in [0.05, 0.1) is 12.2 Å². The van der Waals surface area contributed by atoms with E-state index in [1.165, 1.54) is 5.69 Å². The second-order valence-electron chi connectivity index (χ2n) is 5.49. The van der Waals surface area contributed by atoms with Crippen LogP contribution in [0.5, 0.6) is 0 Å². The predicted molar refractivity (Wildman–Crippen MR) is 71.8 cm³/mol. The molecule has 1 unspecified atom stereocenters. The van der Waals surface area contributed by atoms with Gasteiger partial charge in [-0.05, 0) is 31.4 Å². The monoisotopic (exact) mass is 247 g/mol. The van der Waals surface area contributed by atoms with E-state index in [1.807, 2.05) is 6.07 Å². The highest BCUT2D eigenvalue weighted by molar-refractivity contribution is 5.46. The summed E-state index contributed by atoms with van der Waals surface area (Å²) in [6.45, 7) is 3.44. The molecule has 2 aliphatic rings. The molecule has 2 heterocycles. The highest BCUT2D eigenvalue weighted by atomic mass is 16.5. The van der Waals surface area contributed by atoms with Gasteiger partial charge in [-0.25, -0.2) is 0 Å². The van der Waals surface area contributed by atoms with Gasteiger partial charge in [0, 0.05) is 31.3 Å². The van der Waals surface area contributed by atoms with Crippen LogP contribution in [-0.4, -0.2) is 37.0 Å². The number of piperidine rings is 1. The van der Waals surface area contributed by atoms with Crippen LogP contribution in [0.25, 0.3) is 0 Å². The van der Waals surface area contributed by atoms with Crippen LogP contribution in [0.1, 0.15) is 19.3 Å². The SMILES string of the molecule is OC1(C2CCOC2)CCN(c2ccccc2)CC1. The molecule has 2 saturated heterocycles. The molecule has 1 atom stereocenters. The van der Waals surface area contributed by atoms with Crippen molar-refractivity contribution in [3.05, 3.63) is 30.3 Å². The van der Waals surface area contributed by atoms with Crippen LogP contribution >= 0.6 is 0 Å². The fraction of sp³-hybridized carbons (Fsp3) is 0.600. The van der Waals surface area contributed by atoms with E-state index in [4.69, 9.17) is 4.74 Å². The number of rotatable bonds is 2. The van der Waals surface area contributed by atoms with Crippen molar-refractivity contribution in [2.24, 2.45) is 5.92 Å².